The van der Waals surface area contributed by atoms with Gasteiger partial charge in [-0.1, -0.05) is 0 Å². The highest BCUT2D eigenvalue weighted by Crippen LogP contribution is 1.57. The van der Waals surface area contributed by atoms with Gasteiger partial charge in [-0.15, -0.1) is 0 Å². The van der Waals surface area contributed by atoms with Crippen LogP contribution in [0, 0.1) is 0 Å². The fraction of sp³-hybridized carbons (Fsp3) is 0.357. The topological polar surface area (TPSA) is 425 Å². The van der Waals surface area contributed by atoms with Crippen molar-refractivity contribution in [1.82, 2.24) is 26.6 Å². The fourth-order valence-electron chi connectivity index (χ4n) is 0. The number of primary amides is 5. The van der Waals surface area contributed by atoms with Gasteiger partial charge in [0.2, 0.25) is 0 Å². The number of hydrogen-bond donors (Lipinski definition) is 14. The molecule has 37 heavy (non-hydrogen) atoms. The molecule has 23 nitrogen and oxygen atoms in total. The Kier molecular flexibility index (Phi) is 49.3. The van der Waals surface area contributed by atoms with Crippen LogP contribution in [0.3, 0.4) is 0 Å². The van der Waals surface area contributed by atoms with Gasteiger partial charge in [-0.2, -0.15) is 0 Å². The van der Waals surface area contributed by atoms with E-state index in [1.165, 1.54) is 35.2 Å². The molecule has 0 unspecified atom stereocenters. The van der Waals surface area contributed by atoms with Crippen LogP contribution < -0.4 is 55.3 Å². The van der Waals surface area contributed by atoms with Gasteiger partial charge in [0.25, 0.3) is 0 Å². The van der Waals surface area contributed by atoms with Gasteiger partial charge in [-0.3, -0.25) is 0 Å². The molecule has 19 N–H and O–H groups in total. The number of nitrogens with one attached hydrogen (secondary N) is 5. The fourth-order valence-corrected chi connectivity index (χ4v) is 0. The lowest BCUT2D eigenvalue weighted by atomic mass is 10.7. The van der Waals surface area contributed by atoms with Crippen molar-refractivity contribution in [2.45, 2.75) is 0 Å². The first-order valence-electron chi connectivity index (χ1n) is 8.42. The molecular formula is C14H34N10O13. The van der Waals surface area contributed by atoms with E-state index in [-0.39, 0.29) is 0 Å². The normalized spacial score (nSPS) is 6.84. The summed E-state index contributed by atoms with van der Waals surface area (Å²) in [6.45, 7) is 0. The number of hydrogen-bond acceptors (Lipinski definition) is 9. The number of urea groups is 5. The van der Waals surface area contributed by atoms with Crippen LogP contribution in [0.5, 0.6) is 0 Å². The number of carboxylic acid groups (broad SMARTS) is 4. The minimum Gasteiger partial charge on any atom is -0.473 e. The van der Waals surface area contributed by atoms with E-state index in [4.69, 9.17) is 39.6 Å². The van der Waals surface area contributed by atoms with Gasteiger partial charge in [0, 0.05) is 35.2 Å². The Morgan fingerprint density at radius 3 is 0.405 bits per heavy atom. The summed E-state index contributed by atoms with van der Waals surface area (Å²) < 4.78 is 0. The second-order valence-corrected chi connectivity index (χ2v) is 4.29. The maximum atomic E-state index is 9.48. The molecule has 0 aromatic heterocycles. The van der Waals surface area contributed by atoms with E-state index in [0.717, 1.165) is 0 Å². The lowest BCUT2D eigenvalue weighted by Crippen LogP contribution is -2.24. The van der Waals surface area contributed by atoms with Crippen LogP contribution in [0.4, 0.5) is 24.0 Å². The SMILES string of the molecule is CNC(N)=O.CNC(N)=O.CNC(N)=O.CNC(N)=O.CNC(N)=O.O=C(O)C(=O)O.O=C(O)C(=O)O. The highest BCUT2D eigenvalue weighted by atomic mass is 16.4. The van der Waals surface area contributed by atoms with Crippen LogP contribution >= 0.6 is 0 Å². The number of carboxylic acids is 4. The van der Waals surface area contributed by atoms with Crippen molar-refractivity contribution in [2.75, 3.05) is 35.2 Å². The van der Waals surface area contributed by atoms with Gasteiger partial charge in [-0.05, 0) is 0 Å². The largest absolute Gasteiger partial charge is 0.473 e. The molecule has 0 aliphatic carbocycles. The van der Waals surface area contributed by atoms with E-state index >= 15 is 0 Å². The van der Waals surface area contributed by atoms with E-state index < -0.39 is 54.0 Å². The van der Waals surface area contributed by atoms with E-state index in [0.29, 0.717) is 0 Å². The van der Waals surface area contributed by atoms with Crippen LogP contribution in [0.25, 0.3) is 0 Å². The summed E-state index contributed by atoms with van der Waals surface area (Å²) in [5, 5.41) is 40.4. The second kappa shape index (κ2) is 37.5. The van der Waals surface area contributed by atoms with E-state index in [1.807, 2.05) is 0 Å². The van der Waals surface area contributed by atoms with Crippen LogP contribution in [0.1, 0.15) is 0 Å². The quantitative estimate of drug-likeness (QED) is 0.125. The van der Waals surface area contributed by atoms with Crippen molar-refractivity contribution in [2.24, 2.45) is 28.7 Å². The predicted octanol–water partition coefficient (Wildman–Crippen LogP) is -5.27. The molecule has 0 radical (unpaired) electrons. The zero-order valence-corrected chi connectivity index (χ0v) is 20.3. The average Bonchev–Trinajstić information content (AvgIpc) is 2.80. The number of amides is 10. The minimum absolute atomic E-state index is 0.495. The maximum absolute atomic E-state index is 9.48. The van der Waals surface area contributed by atoms with Crippen molar-refractivity contribution >= 4 is 54.0 Å². The monoisotopic (exact) mass is 550 g/mol. The Bertz CT molecular complexity index is 587. The number of carbonyl (C=O) groups is 9. The van der Waals surface area contributed by atoms with Gasteiger partial charge in [0.1, 0.15) is 0 Å². The maximum Gasteiger partial charge on any atom is 0.414 e. The molecule has 0 aromatic rings. The first kappa shape index (κ1) is 48.6. The summed E-state index contributed by atoms with van der Waals surface area (Å²) in [5.41, 5.74) is 22.7. The zero-order valence-electron chi connectivity index (χ0n) is 20.3. The van der Waals surface area contributed by atoms with Crippen molar-refractivity contribution in [1.29, 1.82) is 0 Å². The van der Waals surface area contributed by atoms with E-state index in [1.54, 1.807) is 0 Å². The Hall–Kier alpha value is -5.77. The Morgan fingerprint density at radius 2 is 0.405 bits per heavy atom. The Morgan fingerprint density at radius 1 is 0.351 bits per heavy atom. The van der Waals surface area contributed by atoms with Gasteiger partial charge in [-0.25, -0.2) is 43.2 Å². The van der Waals surface area contributed by atoms with Crippen molar-refractivity contribution in [3.05, 3.63) is 0 Å². The summed E-state index contributed by atoms with van der Waals surface area (Å²) in [4.78, 5) is 83.8. The molecule has 0 aromatic carbocycles. The first-order valence-corrected chi connectivity index (χ1v) is 8.42. The minimum atomic E-state index is -1.82. The molecule has 0 bridgehead atoms. The third kappa shape index (κ3) is 161. The van der Waals surface area contributed by atoms with Crippen molar-refractivity contribution in [3.63, 3.8) is 0 Å². The number of nitrogens with two attached hydrogens (primary N) is 5. The first-order chi connectivity index (χ1) is 16.6. The van der Waals surface area contributed by atoms with E-state index in [9.17, 15) is 24.0 Å². The third-order valence-corrected chi connectivity index (χ3v) is 1.60. The van der Waals surface area contributed by atoms with Gasteiger partial charge in [0.05, 0.1) is 0 Å². The Balaban J connectivity index is -0.0000000569. The number of carbonyl (C=O) groups excluding carboxylic acids is 5. The number of aliphatic carboxylic acids is 4. The average molecular weight is 550 g/mol. The van der Waals surface area contributed by atoms with Crippen LogP contribution in [-0.4, -0.2) is 110 Å². The smallest absolute Gasteiger partial charge is 0.414 e. The van der Waals surface area contributed by atoms with Gasteiger partial charge < -0.3 is 75.7 Å². The van der Waals surface area contributed by atoms with Crippen LogP contribution in [-0.2, 0) is 19.2 Å². The van der Waals surface area contributed by atoms with Gasteiger partial charge >= 0.3 is 54.0 Å². The lowest BCUT2D eigenvalue weighted by Gasteiger charge is -1.80. The van der Waals surface area contributed by atoms with Crippen LogP contribution in [0.15, 0.2) is 0 Å². The van der Waals surface area contributed by atoms with Crippen molar-refractivity contribution < 1.29 is 63.6 Å². The highest BCUT2D eigenvalue weighted by Gasteiger charge is 2.04. The molecule has 0 aliphatic rings. The van der Waals surface area contributed by atoms with Crippen LogP contribution in [0.2, 0.25) is 0 Å². The molecule has 23 heteroatoms. The lowest BCUT2D eigenvalue weighted by molar-refractivity contribution is -0.159. The standard InChI is InChI=1S/5C2H6N2O.2C2H2O4/c5*1-4-2(3)5;2*3-1(4)2(5)6/h5*1H3,(H3,3,4,5);2*(H,3,4)(H,5,6). The molecule has 10 amide bonds. The molecular weight excluding hydrogens is 516 g/mol. The molecule has 0 spiro atoms. The summed E-state index contributed by atoms with van der Waals surface area (Å²) in [6, 6.07) is -2.48. The highest BCUT2D eigenvalue weighted by molar-refractivity contribution is 6.27. The summed E-state index contributed by atoms with van der Waals surface area (Å²) in [5.74, 6) is -7.30. The molecule has 0 saturated carbocycles. The molecule has 0 atom stereocenters. The molecule has 0 aliphatic heterocycles. The van der Waals surface area contributed by atoms with Gasteiger partial charge in [0.15, 0.2) is 0 Å². The van der Waals surface area contributed by atoms with E-state index in [2.05, 4.69) is 55.3 Å². The molecule has 0 saturated heterocycles. The second-order valence-electron chi connectivity index (χ2n) is 4.29. The molecule has 0 heterocycles. The summed E-state index contributed by atoms with van der Waals surface area (Å²) in [6.07, 6.45) is 0. The van der Waals surface area contributed by atoms with Crippen molar-refractivity contribution in [3.8, 4) is 0 Å². The number of rotatable bonds is 0. The summed E-state index contributed by atoms with van der Waals surface area (Å²) in [7, 11) is 7.37. The zero-order chi connectivity index (χ0) is 31.7. The third-order valence-electron chi connectivity index (χ3n) is 1.60. The predicted molar refractivity (Wildman–Crippen MR) is 124 cm³/mol. The molecule has 0 fully saturated rings. The molecule has 0 rings (SSSR count). The molecule has 218 valence electrons. The summed E-state index contributed by atoms with van der Waals surface area (Å²) >= 11 is 0. The Labute approximate surface area is 209 Å².